The van der Waals surface area contributed by atoms with Gasteiger partial charge >= 0.3 is 0 Å². The molecule has 0 amide bonds. The Labute approximate surface area is 162 Å². The van der Waals surface area contributed by atoms with Crippen LogP contribution in [0, 0.1) is 0 Å². The first-order valence-electron chi connectivity index (χ1n) is 9.61. The molecule has 0 bridgehead atoms. The van der Waals surface area contributed by atoms with Gasteiger partial charge in [0.05, 0.1) is 11.1 Å². The molecule has 0 saturated heterocycles. The molecule has 3 aromatic heterocycles. The lowest BCUT2D eigenvalue weighted by molar-refractivity contribution is 0.0196. The number of nitrogens with one attached hydrogen (secondary N) is 2. The molecule has 0 spiro atoms. The fourth-order valence-corrected chi connectivity index (χ4v) is 3.98. The fourth-order valence-electron chi connectivity index (χ4n) is 3.98. The Bertz CT molecular complexity index is 1150. The second kappa shape index (κ2) is 6.27. The number of aromatic amines is 1. The van der Waals surface area contributed by atoms with E-state index in [0.29, 0.717) is 12.0 Å². The highest BCUT2D eigenvalue weighted by atomic mass is 16.3. The molecule has 1 aromatic carbocycles. The molecule has 0 aliphatic heterocycles. The van der Waals surface area contributed by atoms with E-state index < -0.39 is 5.60 Å². The van der Waals surface area contributed by atoms with Gasteiger partial charge in [0.25, 0.3) is 0 Å². The number of aryl methyl sites for hydroxylation is 1. The number of aliphatic hydroxyl groups is 1. The molecule has 1 fully saturated rings. The molecule has 1 saturated carbocycles. The number of rotatable bonds is 3. The van der Waals surface area contributed by atoms with Gasteiger partial charge in [0.2, 0.25) is 5.95 Å². The summed E-state index contributed by atoms with van der Waals surface area (Å²) in [6.07, 6.45) is 7.26. The lowest BCUT2D eigenvalue weighted by Gasteiger charge is -2.33. The third-order valence-electron chi connectivity index (χ3n) is 5.75. The standard InChI is InChI=1S/C20H23N7O/c1-20(28)7-5-13(6-8-20)23-19-22-11-15-14(10-21-18(15)24-19)12-3-4-16-17(9-12)27(2)26-25-16/h3-4,9-11,13,28H,5-8H2,1-2H3,(H2,21,22,23,24). The van der Waals surface area contributed by atoms with Crippen LogP contribution >= 0.6 is 0 Å². The average Bonchev–Trinajstić information content (AvgIpc) is 3.27. The van der Waals surface area contributed by atoms with Crippen molar-refractivity contribution in [3.63, 3.8) is 0 Å². The molecule has 8 heteroatoms. The summed E-state index contributed by atoms with van der Waals surface area (Å²) in [5.41, 5.74) is 4.25. The van der Waals surface area contributed by atoms with E-state index in [4.69, 9.17) is 0 Å². The molecular weight excluding hydrogens is 354 g/mol. The maximum Gasteiger partial charge on any atom is 0.224 e. The second-order valence-corrected chi connectivity index (χ2v) is 7.99. The fraction of sp³-hybridized carbons (Fsp3) is 0.400. The summed E-state index contributed by atoms with van der Waals surface area (Å²) < 4.78 is 1.77. The van der Waals surface area contributed by atoms with Gasteiger partial charge in [0.1, 0.15) is 11.2 Å². The first-order valence-corrected chi connectivity index (χ1v) is 9.61. The normalized spacial score (nSPS) is 22.8. The van der Waals surface area contributed by atoms with E-state index in [1.54, 1.807) is 4.68 Å². The van der Waals surface area contributed by atoms with Crippen molar-refractivity contribution in [3.8, 4) is 11.1 Å². The van der Waals surface area contributed by atoms with Crippen molar-refractivity contribution in [2.24, 2.45) is 7.05 Å². The molecule has 28 heavy (non-hydrogen) atoms. The van der Waals surface area contributed by atoms with Crippen molar-refractivity contribution in [3.05, 3.63) is 30.6 Å². The first-order chi connectivity index (χ1) is 13.5. The number of hydrogen-bond donors (Lipinski definition) is 3. The molecule has 8 nitrogen and oxygen atoms in total. The molecule has 3 heterocycles. The zero-order valence-electron chi connectivity index (χ0n) is 16.0. The minimum Gasteiger partial charge on any atom is -0.390 e. The first kappa shape index (κ1) is 17.1. The van der Waals surface area contributed by atoms with Crippen molar-refractivity contribution in [2.75, 3.05) is 5.32 Å². The molecule has 3 N–H and O–H groups in total. The predicted octanol–water partition coefficient (Wildman–Crippen LogP) is 3.01. The van der Waals surface area contributed by atoms with E-state index in [9.17, 15) is 5.11 Å². The SMILES string of the molecule is Cn1nnc2ccc(-c3c[nH]c4nc(NC5CCC(C)(O)CC5)ncc34)cc21. The number of H-pyrrole nitrogens is 1. The summed E-state index contributed by atoms with van der Waals surface area (Å²) in [7, 11) is 1.89. The average molecular weight is 377 g/mol. The van der Waals surface area contributed by atoms with Gasteiger partial charge in [0.15, 0.2) is 0 Å². The van der Waals surface area contributed by atoms with Crippen molar-refractivity contribution < 1.29 is 5.11 Å². The zero-order valence-corrected chi connectivity index (χ0v) is 16.0. The minimum absolute atomic E-state index is 0.298. The van der Waals surface area contributed by atoms with Crippen molar-refractivity contribution in [1.29, 1.82) is 0 Å². The Morgan fingerprint density at radius 1 is 1.29 bits per heavy atom. The van der Waals surface area contributed by atoms with Gasteiger partial charge in [0, 0.05) is 36.4 Å². The van der Waals surface area contributed by atoms with Gasteiger partial charge in [-0.15, -0.1) is 5.10 Å². The van der Waals surface area contributed by atoms with Crippen LogP contribution in [0.4, 0.5) is 5.95 Å². The molecule has 144 valence electrons. The predicted molar refractivity (Wildman–Crippen MR) is 108 cm³/mol. The largest absolute Gasteiger partial charge is 0.390 e. The Hall–Kier alpha value is -3.00. The second-order valence-electron chi connectivity index (χ2n) is 7.99. The van der Waals surface area contributed by atoms with E-state index in [1.807, 2.05) is 38.5 Å². The van der Waals surface area contributed by atoms with Crippen LogP contribution in [-0.2, 0) is 7.05 Å². The Kier molecular flexibility index (Phi) is 3.83. The van der Waals surface area contributed by atoms with E-state index >= 15 is 0 Å². The van der Waals surface area contributed by atoms with E-state index in [1.165, 1.54) is 0 Å². The van der Waals surface area contributed by atoms with Gasteiger partial charge in [-0.1, -0.05) is 11.3 Å². The highest BCUT2D eigenvalue weighted by Gasteiger charge is 2.28. The quantitative estimate of drug-likeness (QED) is 0.507. The number of hydrogen-bond acceptors (Lipinski definition) is 6. The summed E-state index contributed by atoms with van der Waals surface area (Å²) in [6, 6.07) is 6.40. The minimum atomic E-state index is -0.540. The Balaban J connectivity index is 1.42. The van der Waals surface area contributed by atoms with Gasteiger partial charge in [-0.2, -0.15) is 4.98 Å². The third-order valence-corrected chi connectivity index (χ3v) is 5.75. The summed E-state index contributed by atoms with van der Waals surface area (Å²) in [6.45, 7) is 1.91. The van der Waals surface area contributed by atoms with Crippen molar-refractivity contribution in [1.82, 2.24) is 29.9 Å². The molecular formula is C20H23N7O. The van der Waals surface area contributed by atoms with Crippen molar-refractivity contribution in [2.45, 2.75) is 44.2 Å². The van der Waals surface area contributed by atoms with Gasteiger partial charge < -0.3 is 15.4 Å². The highest BCUT2D eigenvalue weighted by molar-refractivity contribution is 5.95. The molecule has 5 rings (SSSR count). The molecule has 1 aliphatic rings. The summed E-state index contributed by atoms with van der Waals surface area (Å²) in [4.78, 5) is 12.4. The molecule has 0 atom stereocenters. The molecule has 0 radical (unpaired) electrons. The van der Waals surface area contributed by atoms with Crippen LogP contribution in [0.15, 0.2) is 30.6 Å². The number of anilines is 1. The molecule has 4 aromatic rings. The summed E-state index contributed by atoms with van der Waals surface area (Å²) in [5.74, 6) is 0.624. The van der Waals surface area contributed by atoms with Crippen LogP contribution in [0.3, 0.4) is 0 Å². The molecule has 1 aliphatic carbocycles. The van der Waals surface area contributed by atoms with Gasteiger partial charge in [-0.25, -0.2) is 9.67 Å². The lowest BCUT2D eigenvalue weighted by Crippen LogP contribution is -2.36. The van der Waals surface area contributed by atoms with Gasteiger partial charge in [-0.05, 0) is 50.3 Å². The van der Waals surface area contributed by atoms with Crippen LogP contribution in [0.5, 0.6) is 0 Å². The number of aromatic nitrogens is 6. The van der Waals surface area contributed by atoms with E-state index in [2.05, 4.69) is 36.6 Å². The summed E-state index contributed by atoms with van der Waals surface area (Å²) >= 11 is 0. The monoisotopic (exact) mass is 377 g/mol. The smallest absolute Gasteiger partial charge is 0.224 e. The van der Waals surface area contributed by atoms with Gasteiger partial charge in [-0.3, -0.25) is 0 Å². The number of fused-ring (bicyclic) bond motifs is 2. The van der Waals surface area contributed by atoms with Crippen LogP contribution in [-0.4, -0.2) is 46.7 Å². The molecule has 0 unspecified atom stereocenters. The zero-order chi connectivity index (χ0) is 19.3. The lowest BCUT2D eigenvalue weighted by atomic mass is 9.84. The van der Waals surface area contributed by atoms with Crippen LogP contribution in [0.2, 0.25) is 0 Å². The van der Waals surface area contributed by atoms with Crippen LogP contribution in [0.1, 0.15) is 32.6 Å². The summed E-state index contributed by atoms with van der Waals surface area (Å²) in [5, 5.41) is 22.7. The maximum atomic E-state index is 10.1. The van der Waals surface area contributed by atoms with Crippen LogP contribution < -0.4 is 5.32 Å². The highest BCUT2D eigenvalue weighted by Crippen LogP contribution is 2.31. The topological polar surface area (TPSA) is 105 Å². The van der Waals surface area contributed by atoms with Crippen molar-refractivity contribution >= 4 is 28.0 Å². The Morgan fingerprint density at radius 3 is 2.93 bits per heavy atom. The van der Waals surface area contributed by atoms with E-state index in [0.717, 1.165) is 58.9 Å². The third kappa shape index (κ3) is 2.99. The van der Waals surface area contributed by atoms with Crippen LogP contribution in [0.25, 0.3) is 33.2 Å². The van der Waals surface area contributed by atoms with E-state index in [-0.39, 0.29) is 0 Å². The maximum absolute atomic E-state index is 10.1. The number of benzene rings is 1. The Morgan fingerprint density at radius 2 is 2.11 bits per heavy atom. The number of nitrogens with zero attached hydrogens (tertiary/aromatic N) is 5.